The van der Waals surface area contributed by atoms with Crippen LogP contribution in [0.15, 0.2) is 36.4 Å². The Balaban J connectivity index is 2.43. The summed E-state index contributed by atoms with van der Waals surface area (Å²) in [7, 11) is 0. The van der Waals surface area contributed by atoms with Crippen molar-refractivity contribution in [3.05, 3.63) is 40.0 Å². The number of benzene rings is 2. The van der Waals surface area contributed by atoms with Gasteiger partial charge in [-0.05, 0) is 71.5 Å². The van der Waals surface area contributed by atoms with Gasteiger partial charge in [-0.2, -0.15) is 0 Å². The highest BCUT2D eigenvalue weighted by molar-refractivity contribution is 14.1. The zero-order valence-electron chi connectivity index (χ0n) is 8.83. The van der Waals surface area contributed by atoms with E-state index in [0.29, 0.717) is 0 Å². The molecule has 0 unspecified atom stereocenters. The summed E-state index contributed by atoms with van der Waals surface area (Å²) in [6.45, 7) is 4.08. The lowest BCUT2D eigenvalue weighted by molar-refractivity contribution is 0.243. The van der Waals surface area contributed by atoms with E-state index in [0.717, 1.165) is 5.75 Å². The standard InChI is InChI=1S/C13H13IO/c1-9(2)15-13-6-4-10-7-12(14)5-3-11(10)8-13/h3-9H,1-2H3. The molecular weight excluding hydrogens is 299 g/mol. The fourth-order valence-corrected chi connectivity index (χ4v) is 2.06. The van der Waals surface area contributed by atoms with E-state index in [1.54, 1.807) is 0 Å². The molecule has 2 aromatic carbocycles. The van der Waals surface area contributed by atoms with Crippen LogP contribution in [0.2, 0.25) is 0 Å². The Kier molecular flexibility index (Phi) is 3.14. The monoisotopic (exact) mass is 312 g/mol. The van der Waals surface area contributed by atoms with Gasteiger partial charge in [0.05, 0.1) is 6.10 Å². The average Bonchev–Trinajstić information content (AvgIpc) is 2.17. The second-order valence-electron chi connectivity index (χ2n) is 3.82. The normalized spacial score (nSPS) is 10.9. The van der Waals surface area contributed by atoms with Crippen LogP contribution in [0.1, 0.15) is 13.8 Å². The van der Waals surface area contributed by atoms with E-state index >= 15 is 0 Å². The summed E-state index contributed by atoms with van der Waals surface area (Å²) < 4.78 is 6.91. The molecule has 15 heavy (non-hydrogen) atoms. The van der Waals surface area contributed by atoms with E-state index in [9.17, 15) is 0 Å². The predicted molar refractivity (Wildman–Crippen MR) is 72.4 cm³/mol. The largest absolute Gasteiger partial charge is 0.491 e. The molecule has 0 aromatic heterocycles. The maximum atomic E-state index is 5.65. The molecule has 0 atom stereocenters. The first-order chi connectivity index (χ1) is 7.15. The molecular formula is C13H13IO. The Hall–Kier alpha value is -0.770. The molecule has 0 aliphatic heterocycles. The molecule has 0 spiro atoms. The zero-order valence-corrected chi connectivity index (χ0v) is 11.0. The van der Waals surface area contributed by atoms with Gasteiger partial charge in [0.25, 0.3) is 0 Å². The van der Waals surface area contributed by atoms with Crippen LogP contribution in [0, 0.1) is 3.57 Å². The highest BCUT2D eigenvalue weighted by Crippen LogP contribution is 2.23. The second-order valence-corrected chi connectivity index (χ2v) is 5.07. The lowest BCUT2D eigenvalue weighted by Crippen LogP contribution is -2.05. The van der Waals surface area contributed by atoms with Gasteiger partial charge in [-0.1, -0.05) is 12.1 Å². The summed E-state index contributed by atoms with van der Waals surface area (Å²) >= 11 is 2.33. The quantitative estimate of drug-likeness (QED) is 0.754. The summed E-state index contributed by atoms with van der Waals surface area (Å²) in [5, 5.41) is 2.49. The highest BCUT2D eigenvalue weighted by atomic mass is 127. The molecule has 1 nitrogen and oxygen atoms in total. The third-order valence-corrected chi connectivity index (χ3v) is 2.82. The molecule has 0 N–H and O–H groups in total. The van der Waals surface area contributed by atoms with Crippen LogP contribution in [-0.2, 0) is 0 Å². The highest BCUT2D eigenvalue weighted by Gasteiger charge is 1.99. The van der Waals surface area contributed by atoms with Crippen LogP contribution in [0.25, 0.3) is 10.8 Å². The lowest BCUT2D eigenvalue weighted by Gasteiger charge is -2.10. The Morgan fingerprint density at radius 3 is 2.40 bits per heavy atom. The van der Waals surface area contributed by atoms with E-state index in [-0.39, 0.29) is 6.10 Å². The van der Waals surface area contributed by atoms with Crippen LogP contribution in [0.4, 0.5) is 0 Å². The Bertz CT molecular complexity index is 477. The Morgan fingerprint density at radius 1 is 1.00 bits per heavy atom. The molecule has 2 heteroatoms. The molecule has 0 aliphatic rings. The van der Waals surface area contributed by atoms with E-state index in [1.165, 1.54) is 14.3 Å². The molecule has 0 bridgehead atoms. The van der Waals surface area contributed by atoms with E-state index in [2.05, 4.69) is 52.9 Å². The first-order valence-electron chi connectivity index (χ1n) is 5.01. The zero-order chi connectivity index (χ0) is 10.8. The van der Waals surface area contributed by atoms with Crippen molar-refractivity contribution < 1.29 is 4.74 Å². The first-order valence-corrected chi connectivity index (χ1v) is 6.09. The molecule has 0 fully saturated rings. The molecule has 0 saturated carbocycles. The molecule has 0 saturated heterocycles. The topological polar surface area (TPSA) is 9.23 Å². The molecule has 0 heterocycles. The third kappa shape index (κ3) is 2.62. The number of fused-ring (bicyclic) bond motifs is 1. The van der Waals surface area contributed by atoms with Crippen LogP contribution in [-0.4, -0.2) is 6.10 Å². The smallest absolute Gasteiger partial charge is 0.120 e. The number of rotatable bonds is 2. The van der Waals surface area contributed by atoms with Crippen molar-refractivity contribution in [1.29, 1.82) is 0 Å². The summed E-state index contributed by atoms with van der Waals surface area (Å²) in [5.74, 6) is 0.943. The maximum Gasteiger partial charge on any atom is 0.120 e. The van der Waals surface area contributed by atoms with Crippen LogP contribution < -0.4 is 4.74 Å². The molecule has 2 aromatic rings. The number of hydrogen-bond acceptors (Lipinski definition) is 1. The van der Waals surface area contributed by atoms with Crippen molar-refractivity contribution in [2.45, 2.75) is 20.0 Å². The van der Waals surface area contributed by atoms with Crippen LogP contribution >= 0.6 is 22.6 Å². The van der Waals surface area contributed by atoms with Gasteiger partial charge in [0.15, 0.2) is 0 Å². The summed E-state index contributed by atoms with van der Waals surface area (Å²) in [4.78, 5) is 0. The molecule has 0 radical (unpaired) electrons. The van der Waals surface area contributed by atoms with Crippen molar-refractivity contribution in [2.24, 2.45) is 0 Å². The van der Waals surface area contributed by atoms with Gasteiger partial charge in [-0.15, -0.1) is 0 Å². The molecule has 78 valence electrons. The molecule has 0 aliphatic carbocycles. The minimum absolute atomic E-state index is 0.228. The summed E-state index contributed by atoms with van der Waals surface area (Å²) in [5.41, 5.74) is 0. The lowest BCUT2D eigenvalue weighted by atomic mass is 10.1. The second kappa shape index (κ2) is 4.39. The van der Waals surface area contributed by atoms with Gasteiger partial charge in [0.2, 0.25) is 0 Å². The van der Waals surface area contributed by atoms with Crippen LogP contribution in [0.5, 0.6) is 5.75 Å². The SMILES string of the molecule is CC(C)Oc1ccc2cc(I)ccc2c1. The van der Waals surface area contributed by atoms with Gasteiger partial charge in [0.1, 0.15) is 5.75 Å². The van der Waals surface area contributed by atoms with E-state index in [1.807, 2.05) is 19.9 Å². The van der Waals surface area contributed by atoms with Crippen molar-refractivity contribution in [3.8, 4) is 5.75 Å². The predicted octanol–water partition coefficient (Wildman–Crippen LogP) is 4.23. The van der Waals surface area contributed by atoms with Gasteiger partial charge in [-0.25, -0.2) is 0 Å². The van der Waals surface area contributed by atoms with E-state index in [4.69, 9.17) is 4.74 Å². The summed E-state index contributed by atoms with van der Waals surface area (Å²) in [6, 6.07) is 12.6. The van der Waals surface area contributed by atoms with E-state index < -0.39 is 0 Å². The maximum absolute atomic E-state index is 5.65. The molecule has 0 amide bonds. The fourth-order valence-electron chi connectivity index (χ4n) is 1.54. The molecule has 2 rings (SSSR count). The van der Waals surface area contributed by atoms with Crippen LogP contribution in [0.3, 0.4) is 0 Å². The van der Waals surface area contributed by atoms with Crippen molar-refractivity contribution in [2.75, 3.05) is 0 Å². The van der Waals surface area contributed by atoms with Gasteiger partial charge < -0.3 is 4.74 Å². The summed E-state index contributed by atoms with van der Waals surface area (Å²) in [6.07, 6.45) is 0.228. The Labute approximate surface area is 104 Å². The van der Waals surface area contributed by atoms with Crippen molar-refractivity contribution >= 4 is 33.4 Å². The van der Waals surface area contributed by atoms with Gasteiger partial charge in [0, 0.05) is 3.57 Å². The third-order valence-electron chi connectivity index (χ3n) is 2.15. The number of halogens is 1. The van der Waals surface area contributed by atoms with Crippen molar-refractivity contribution in [3.63, 3.8) is 0 Å². The van der Waals surface area contributed by atoms with Crippen molar-refractivity contribution in [1.82, 2.24) is 0 Å². The first kappa shape index (κ1) is 10.7. The van der Waals surface area contributed by atoms with Gasteiger partial charge in [-0.3, -0.25) is 0 Å². The van der Waals surface area contributed by atoms with Gasteiger partial charge >= 0.3 is 0 Å². The average molecular weight is 312 g/mol. The minimum atomic E-state index is 0.228. The number of ether oxygens (including phenoxy) is 1. The fraction of sp³-hybridized carbons (Fsp3) is 0.231. The minimum Gasteiger partial charge on any atom is -0.491 e. The Morgan fingerprint density at radius 2 is 1.67 bits per heavy atom. The number of hydrogen-bond donors (Lipinski definition) is 0.